The fourth-order valence-corrected chi connectivity index (χ4v) is 2.34. The summed E-state index contributed by atoms with van der Waals surface area (Å²) in [6, 6.07) is 4.99. The predicted molar refractivity (Wildman–Crippen MR) is 98.0 cm³/mol. The first-order chi connectivity index (χ1) is 11.5. The van der Waals surface area contributed by atoms with Crippen molar-refractivity contribution < 1.29 is 4.79 Å². The Morgan fingerprint density at radius 2 is 2.21 bits per heavy atom. The Morgan fingerprint density at radius 3 is 2.92 bits per heavy atom. The first kappa shape index (κ1) is 18.3. The van der Waals surface area contributed by atoms with Crippen LogP contribution >= 0.6 is 35.4 Å². The van der Waals surface area contributed by atoms with Crippen LogP contribution in [0.25, 0.3) is 6.08 Å². The van der Waals surface area contributed by atoms with E-state index in [-0.39, 0.29) is 11.1 Å². The molecule has 1 aromatic carbocycles. The molecule has 0 spiro atoms. The lowest BCUT2D eigenvalue weighted by molar-refractivity contribution is -0.115. The largest absolute Gasteiger partial charge is 0.299 e. The van der Waals surface area contributed by atoms with Crippen molar-refractivity contribution in [1.82, 2.24) is 25.5 Å². The Kier molecular flexibility index (Phi) is 6.65. The molecule has 126 valence electrons. The third-order valence-corrected chi connectivity index (χ3v) is 3.48. The van der Waals surface area contributed by atoms with E-state index >= 15 is 0 Å². The number of hydrogen-bond donors (Lipinski definition) is 2. The summed E-state index contributed by atoms with van der Waals surface area (Å²) in [4.78, 5) is 13.3. The van der Waals surface area contributed by atoms with Gasteiger partial charge >= 0.3 is 0 Å². The second-order valence-corrected chi connectivity index (χ2v) is 5.90. The summed E-state index contributed by atoms with van der Waals surface area (Å²) in [6.45, 7) is 2.65. The molecule has 24 heavy (non-hydrogen) atoms. The highest BCUT2D eigenvalue weighted by molar-refractivity contribution is 7.80. The highest BCUT2D eigenvalue weighted by Gasteiger charge is 2.06. The minimum atomic E-state index is -0.417. The number of rotatable bonds is 5. The number of carbonyl (C=O) groups is 1. The van der Waals surface area contributed by atoms with Gasteiger partial charge in [0.05, 0.1) is 6.54 Å². The van der Waals surface area contributed by atoms with Crippen LogP contribution < -0.4 is 10.6 Å². The molecule has 0 saturated heterocycles. The zero-order chi connectivity index (χ0) is 17.5. The van der Waals surface area contributed by atoms with Gasteiger partial charge in [-0.15, -0.1) is 5.10 Å². The molecule has 1 amide bonds. The molecule has 1 aromatic heterocycles. The molecule has 10 heteroatoms. The maximum Gasteiger partial charge on any atom is 0.269 e. The number of anilines is 1. The van der Waals surface area contributed by atoms with Crippen LogP contribution in [-0.4, -0.2) is 31.2 Å². The van der Waals surface area contributed by atoms with Gasteiger partial charge in [-0.05, 0) is 47.6 Å². The van der Waals surface area contributed by atoms with E-state index in [1.165, 1.54) is 10.9 Å². The van der Waals surface area contributed by atoms with Gasteiger partial charge in [-0.3, -0.25) is 15.4 Å². The van der Waals surface area contributed by atoms with Crippen LogP contribution in [0, 0.1) is 0 Å². The molecule has 1 heterocycles. The second kappa shape index (κ2) is 8.72. The van der Waals surface area contributed by atoms with Crippen molar-refractivity contribution in [3.05, 3.63) is 39.9 Å². The highest BCUT2D eigenvalue weighted by atomic mass is 35.5. The lowest BCUT2D eigenvalue weighted by atomic mass is 10.2. The number of amides is 1. The number of halogens is 2. The number of carbonyl (C=O) groups excluding carboxylic acids is 1. The summed E-state index contributed by atoms with van der Waals surface area (Å²) in [5.41, 5.74) is 0.666. The van der Waals surface area contributed by atoms with Gasteiger partial charge in [-0.25, -0.2) is 0 Å². The summed E-state index contributed by atoms with van der Waals surface area (Å²) in [5.74, 6) is -0.196. The Hall–Kier alpha value is -2.03. The molecular weight excluding hydrogens is 371 g/mol. The normalized spacial score (nSPS) is 10.8. The van der Waals surface area contributed by atoms with Gasteiger partial charge in [0.25, 0.3) is 5.95 Å². The Morgan fingerprint density at radius 1 is 1.42 bits per heavy atom. The molecule has 0 atom stereocenters. The van der Waals surface area contributed by atoms with Crippen LogP contribution in [0.2, 0.25) is 10.0 Å². The van der Waals surface area contributed by atoms with E-state index in [4.69, 9.17) is 35.4 Å². The molecule has 0 aliphatic carbocycles. The van der Waals surface area contributed by atoms with E-state index in [2.05, 4.69) is 26.0 Å². The number of thiocarbonyl (C=S) groups is 1. The van der Waals surface area contributed by atoms with Crippen molar-refractivity contribution in [2.24, 2.45) is 0 Å². The lowest BCUT2D eigenvalue weighted by Crippen LogP contribution is -2.33. The van der Waals surface area contributed by atoms with E-state index in [0.717, 1.165) is 6.42 Å². The topological polar surface area (TPSA) is 84.7 Å². The van der Waals surface area contributed by atoms with Gasteiger partial charge in [0, 0.05) is 16.1 Å². The summed E-state index contributed by atoms with van der Waals surface area (Å²) in [6.07, 6.45) is 3.76. The van der Waals surface area contributed by atoms with Crippen molar-refractivity contribution in [2.45, 2.75) is 19.9 Å². The first-order valence-corrected chi connectivity index (χ1v) is 8.17. The number of nitrogens with zero attached hydrogens (tertiary/aromatic N) is 4. The van der Waals surface area contributed by atoms with Crippen molar-refractivity contribution in [3.63, 3.8) is 0 Å². The number of benzene rings is 1. The van der Waals surface area contributed by atoms with Crippen molar-refractivity contribution >= 4 is 58.5 Å². The standard InChI is InChI=1S/C14H14Cl2N6OS/c1-2-7-22-20-13(19-21-22)18-14(24)17-12(23)6-4-9-3-5-10(15)8-11(9)16/h3-6,8H,2,7H2,1H3,(H2,17,18,20,23,24). The monoisotopic (exact) mass is 384 g/mol. The van der Waals surface area contributed by atoms with Crippen molar-refractivity contribution in [3.8, 4) is 0 Å². The summed E-state index contributed by atoms with van der Waals surface area (Å²) in [5, 5.41) is 17.9. The molecule has 0 unspecified atom stereocenters. The zero-order valence-corrected chi connectivity index (χ0v) is 15.0. The van der Waals surface area contributed by atoms with Crippen LogP contribution in [0.4, 0.5) is 5.95 Å². The minimum absolute atomic E-state index is 0.0721. The summed E-state index contributed by atoms with van der Waals surface area (Å²) < 4.78 is 0. The number of aryl methyl sites for hydroxylation is 1. The molecule has 2 rings (SSSR count). The molecule has 0 radical (unpaired) electrons. The van der Waals surface area contributed by atoms with Crippen LogP contribution in [-0.2, 0) is 11.3 Å². The Balaban J connectivity index is 1.88. The average molecular weight is 385 g/mol. The van der Waals surface area contributed by atoms with Crippen LogP contribution in [0.3, 0.4) is 0 Å². The van der Waals surface area contributed by atoms with Gasteiger partial charge in [-0.2, -0.15) is 4.80 Å². The predicted octanol–water partition coefficient (Wildman–Crippen LogP) is 2.92. The van der Waals surface area contributed by atoms with Crippen molar-refractivity contribution in [1.29, 1.82) is 0 Å². The van der Waals surface area contributed by atoms with Gasteiger partial charge in [0.2, 0.25) is 5.91 Å². The number of nitrogens with one attached hydrogen (secondary N) is 2. The second-order valence-electron chi connectivity index (χ2n) is 4.65. The minimum Gasteiger partial charge on any atom is -0.299 e. The van der Waals surface area contributed by atoms with Gasteiger partial charge in [0.1, 0.15) is 0 Å². The third-order valence-electron chi connectivity index (χ3n) is 2.72. The van der Waals surface area contributed by atoms with E-state index in [0.29, 0.717) is 22.2 Å². The number of tetrazole rings is 1. The van der Waals surface area contributed by atoms with Gasteiger partial charge < -0.3 is 0 Å². The SMILES string of the molecule is CCCn1nnc(NC(=S)NC(=O)C=Cc2ccc(Cl)cc2Cl)n1. The Bertz CT molecular complexity index is 776. The zero-order valence-electron chi connectivity index (χ0n) is 12.7. The molecule has 0 bridgehead atoms. The smallest absolute Gasteiger partial charge is 0.269 e. The van der Waals surface area contributed by atoms with Gasteiger partial charge in [-0.1, -0.05) is 41.3 Å². The van der Waals surface area contributed by atoms with Crippen LogP contribution in [0.15, 0.2) is 24.3 Å². The quantitative estimate of drug-likeness (QED) is 0.608. The van der Waals surface area contributed by atoms with E-state index < -0.39 is 5.91 Å². The maximum atomic E-state index is 11.8. The summed E-state index contributed by atoms with van der Waals surface area (Å²) in [7, 11) is 0. The van der Waals surface area contributed by atoms with E-state index in [1.807, 2.05) is 6.92 Å². The third kappa shape index (κ3) is 5.55. The van der Waals surface area contributed by atoms with E-state index in [1.54, 1.807) is 24.3 Å². The van der Waals surface area contributed by atoms with E-state index in [9.17, 15) is 4.79 Å². The molecular formula is C14H14Cl2N6OS. The highest BCUT2D eigenvalue weighted by Crippen LogP contribution is 2.21. The first-order valence-electron chi connectivity index (χ1n) is 7.01. The number of hydrogen-bond acceptors (Lipinski definition) is 5. The molecule has 0 saturated carbocycles. The average Bonchev–Trinajstić information content (AvgIpc) is 2.93. The van der Waals surface area contributed by atoms with Crippen LogP contribution in [0.5, 0.6) is 0 Å². The summed E-state index contributed by atoms with van der Waals surface area (Å²) >= 11 is 16.9. The Labute approximate surface area is 154 Å². The van der Waals surface area contributed by atoms with Crippen LogP contribution in [0.1, 0.15) is 18.9 Å². The molecule has 2 aromatic rings. The van der Waals surface area contributed by atoms with Gasteiger partial charge in [0.15, 0.2) is 5.11 Å². The molecule has 0 fully saturated rings. The maximum absolute atomic E-state index is 11.8. The molecule has 0 aliphatic rings. The fraction of sp³-hybridized carbons (Fsp3) is 0.214. The van der Waals surface area contributed by atoms with Crippen molar-refractivity contribution in [2.75, 3.05) is 5.32 Å². The molecule has 7 nitrogen and oxygen atoms in total. The number of aromatic nitrogens is 4. The fourth-order valence-electron chi connectivity index (χ4n) is 1.68. The molecule has 0 aliphatic heterocycles. The molecule has 2 N–H and O–H groups in total. The lowest BCUT2D eigenvalue weighted by Gasteiger charge is -2.03.